The Morgan fingerprint density at radius 2 is 1.76 bits per heavy atom. The molecule has 0 unspecified atom stereocenters. The number of carbonyl (C=O) groups is 1. The molecule has 134 valence electrons. The van der Waals surface area contributed by atoms with E-state index in [9.17, 15) is 4.79 Å². The van der Waals surface area contributed by atoms with Gasteiger partial charge in [0.15, 0.2) is 0 Å². The Hall–Kier alpha value is -2.49. The van der Waals surface area contributed by atoms with Crippen LogP contribution in [0.5, 0.6) is 11.5 Å². The Kier molecular flexibility index (Phi) is 7.33. The van der Waals surface area contributed by atoms with Gasteiger partial charge in [0.05, 0.1) is 14.2 Å². The molecule has 2 aromatic rings. The normalized spacial score (nSPS) is 10.4. The Balaban J connectivity index is 1.93. The predicted molar refractivity (Wildman–Crippen MR) is 100 cm³/mol. The third kappa shape index (κ3) is 5.52. The van der Waals surface area contributed by atoms with Gasteiger partial charge in [0.25, 0.3) is 0 Å². The zero-order chi connectivity index (χ0) is 18.1. The summed E-state index contributed by atoms with van der Waals surface area (Å²) in [4.78, 5) is 14.5. The van der Waals surface area contributed by atoms with Crippen molar-refractivity contribution in [3.63, 3.8) is 0 Å². The highest BCUT2D eigenvalue weighted by atomic mass is 16.5. The van der Waals surface area contributed by atoms with Gasteiger partial charge in [0.1, 0.15) is 11.5 Å². The fourth-order valence-corrected chi connectivity index (χ4v) is 2.84. The van der Waals surface area contributed by atoms with Crippen molar-refractivity contribution in [3.05, 3.63) is 59.7 Å². The summed E-state index contributed by atoms with van der Waals surface area (Å²) >= 11 is 0. The standard InChI is InChI=1S/C21H27NO3/c1-4-22(15-14-17-8-6-5-7-9-17)21(23)13-10-18-16-19(24-2)11-12-20(18)25-3/h5-9,11-12,16H,4,10,13-15H2,1-3H3. The van der Waals surface area contributed by atoms with Crippen molar-refractivity contribution >= 4 is 5.91 Å². The number of methoxy groups -OCH3 is 2. The molecule has 0 aromatic heterocycles. The molecule has 4 nitrogen and oxygen atoms in total. The highest BCUT2D eigenvalue weighted by molar-refractivity contribution is 5.76. The second-order valence-corrected chi connectivity index (χ2v) is 5.89. The third-order valence-corrected chi connectivity index (χ3v) is 4.34. The lowest BCUT2D eigenvalue weighted by atomic mass is 10.1. The van der Waals surface area contributed by atoms with E-state index in [2.05, 4.69) is 12.1 Å². The van der Waals surface area contributed by atoms with Crippen LogP contribution in [-0.2, 0) is 17.6 Å². The van der Waals surface area contributed by atoms with E-state index in [1.54, 1.807) is 14.2 Å². The van der Waals surface area contributed by atoms with Gasteiger partial charge in [0, 0.05) is 19.5 Å². The van der Waals surface area contributed by atoms with Crippen LogP contribution in [0.1, 0.15) is 24.5 Å². The van der Waals surface area contributed by atoms with E-state index in [1.807, 2.05) is 48.2 Å². The predicted octanol–water partition coefficient (Wildman–Crippen LogP) is 3.73. The van der Waals surface area contributed by atoms with E-state index in [0.717, 1.165) is 36.6 Å². The minimum absolute atomic E-state index is 0.170. The van der Waals surface area contributed by atoms with Crippen molar-refractivity contribution < 1.29 is 14.3 Å². The minimum Gasteiger partial charge on any atom is -0.497 e. The molecule has 0 heterocycles. The Bertz CT molecular complexity index is 670. The molecule has 1 amide bonds. The van der Waals surface area contributed by atoms with Gasteiger partial charge in [-0.05, 0) is 49.1 Å². The average molecular weight is 341 g/mol. The van der Waals surface area contributed by atoms with E-state index < -0.39 is 0 Å². The van der Waals surface area contributed by atoms with Crippen molar-refractivity contribution in [2.45, 2.75) is 26.2 Å². The number of likely N-dealkylation sites (N-methyl/N-ethyl adjacent to an activating group) is 1. The third-order valence-electron chi connectivity index (χ3n) is 4.34. The molecule has 2 rings (SSSR count). The Morgan fingerprint density at radius 1 is 1.00 bits per heavy atom. The first kappa shape index (κ1) is 18.8. The molecule has 0 radical (unpaired) electrons. The molecule has 0 aliphatic carbocycles. The molecule has 0 bridgehead atoms. The van der Waals surface area contributed by atoms with E-state index in [1.165, 1.54) is 5.56 Å². The molecule has 4 heteroatoms. The van der Waals surface area contributed by atoms with Gasteiger partial charge in [-0.25, -0.2) is 0 Å². The average Bonchev–Trinajstić information content (AvgIpc) is 2.67. The highest BCUT2D eigenvalue weighted by Crippen LogP contribution is 2.25. The van der Waals surface area contributed by atoms with Crippen LogP contribution in [0, 0.1) is 0 Å². The van der Waals surface area contributed by atoms with Crippen molar-refractivity contribution in [1.29, 1.82) is 0 Å². The lowest BCUT2D eigenvalue weighted by Crippen LogP contribution is -2.32. The van der Waals surface area contributed by atoms with E-state index >= 15 is 0 Å². The van der Waals surface area contributed by atoms with Gasteiger partial charge in [0.2, 0.25) is 5.91 Å². The number of hydrogen-bond acceptors (Lipinski definition) is 3. The number of amides is 1. The zero-order valence-electron chi connectivity index (χ0n) is 15.3. The van der Waals surface area contributed by atoms with Gasteiger partial charge in [-0.2, -0.15) is 0 Å². The number of carbonyl (C=O) groups excluding carboxylic acids is 1. The van der Waals surface area contributed by atoms with E-state index in [0.29, 0.717) is 12.8 Å². The summed E-state index contributed by atoms with van der Waals surface area (Å²) in [5.41, 5.74) is 2.25. The summed E-state index contributed by atoms with van der Waals surface area (Å²) in [5, 5.41) is 0. The second kappa shape index (κ2) is 9.72. The fraction of sp³-hybridized carbons (Fsp3) is 0.381. The molecule has 0 fully saturated rings. The topological polar surface area (TPSA) is 38.8 Å². The van der Waals surface area contributed by atoms with Gasteiger partial charge in [-0.3, -0.25) is 4.79 Å². The van der Waals surface area contributed by atoms with E-state index in [-0.39, 0.29) is 5.91 Å². The molecule has 0 atom stereocenters. The Labute approximate surface area is 150 Å². The molecule has 2 aromatic carbocycles. The molecule has 0 aliphatic rings. The summed E-state index contributed by atoms with van der Waals surface area (Å²) < 4.78 is 10.7. The van der Waals surface area contributed by atoms with Crippen LogP contribution >= 0.6 is 0 Å². The lowest BCUT2D eigenvalue weighted by Gasteiger charge is -2.21. The first-order valence-corrected chi connectivity index (χ1v) is 8.70. The summed E-state index contributed by atoms with van der Waals surface area (Å²) in [6.45, 7) is 3.49. The zero-order valence-corrected chi connectivity index (χ0v) is 15.3. The van der Waals surface area contributed by atoms with Crippen LogP contribution < -0.4 is 9.47 Å². The van der Waals surface area contributed by atoms with Crippen molar-refractivity contribution in [2.24, 2.45) is 0 Å². The molecule has 0 saturated carbocycles. The summed E-state index contributed by atoms with van der Waals surface area (Å²) in [5.74, 6) is 1.74. The number of ether oxygens (including phenoxy) is 2. The summed E-state index contributed by atoms with van der Waals surface area (Å²) in [7, 11) is 3.28. The van der Waals surface area contributed by atoms with Crippen LogP contribution in [-0.4, -0.2) is 38.1 Å². The lowest BCUT2D eigenvalue weighted by molar-refractivity contribution is -0.130. The first-order chi connectivity index (χ1) is 12.2. The van der Waals surface area contributed by atoms with Crippen LogP contribution in [0.15, 0.2) is 48.5 Å². The number of nitrogens with zero attached hydrogens (tertiary/aromatic N) is 1. The maximum Gasteiger partial charge on any atom is 0.222 e. The van der Waals surface area contributed by atoms with Crippen molar-refractivity contribution in [1.82, 2.24) is 4.90 Å². The summed E-state index contributed by atoms with van der Waals surface area (Å²) in [6.07, 6.45) is 1.98. The Morgan fingerprint density at radius 3 is 2.40 bits per heavy atom. The molecule has 0 spiro atoms. The number of rotatable bonds is 9. The number of benzene rings is 2. The smallest absolute Gasteiger partial charge is 0.222 e. The minimum atomic E-state index is 0.170. The SMILES string of the molecule is CCN(CCc1ccccc1)C(=O)CCc1cc(OC)ccc1OC. The maximum absolute atomic E-state index is 12.6. The second-order valence-electron chi connectivity index (χ2n) is 5.89. The van der Waals surface area contributed by atoms with Crippen molar-refractivity contribution in [3.8, 4) is 11.5 Å². The molecular formula is C21H27NO3. The van der Waals surface area contributed by atoms with Crippen LogP contribution in [0.3, 0.4) is 0 Å². The fourth-order valence-electron chi connectivity index (χ4n) is 2.84. The number of hydrogen-bond donors (Lipinski definition) is 0. The maximum atomic E-state index is 12.6. The molecule has 25 heavy (non-hydrogen) atoms. The van der Waals surface area contributed by atoms with Crippen molar-refractivity contribution in [2.75, 3.05) is 27.3 Å². The molecule has 0 saturated heterocycles. The van der Waals surface area contributed by atoms with Crippen LogP contribution in [0.4, 0.5) is 0 Å². The summed E-state index contributed by atoms with van der Waals surface area (Å²) in [6, 6.07) is 15.9. The quantitative estimate of drug-likeness (QED) is 0.698. The molecular weight excluding hydrogens is 314 g/mol. The molecule has 0 aliphatic heterocycles. The largest absolute Gasteiger partial charge is 0.497 e. The monoisotopic (exact) mass is 341 g/mol. The van der Waals surface area contributed by atoms with Gasteiger partial charge < -0.3 is 14.4 Å². The van der Waals surface area contributed by atoms with Crippen LogP contribution in [0.2, 0.25) is 0 Å². The van der Waals surface area contributed by atoms with E-state index in [4.69, 9.17) is 9.47 Å². The molecule has 0 N–H and O–H groups in total. The number of aryl methyl sites for hydroxylation is 1. The van der Waals surface area contributed by atoms with Crippen LogP contribution in [0.25, 0.3) is 0 Å². The van der Waals surface area contributed by atoms with Gasteiger partial charge >= 0.3 is 0 Å². The first-order valence-electron chi connectivity index (χ1n) is 8.70. The van der Waals surface area contributed by atoms with Gasteiger partial charge in [-0.15, -0.1) is 0 Å². The van der Waals surface area contributed by atoms with Gasteiger partial charge in [-0.1, -0.05) is 30.3 Å². The highest BCUT2D eigenvalue weighted by Gasteiger charge is 2.13.